The van der Waals surface area contributed by atoms with Gasteiger partial charge in [-0.15, -0.1) is 0 Å². The van der Waals surface area contributed by atoms with E-state index < -0.39 is 30.1 Å². The Labute approximate surface area is 160 Å². The van der Waals surface area contributed by atoms with Gasteiger partial charge in [0.1, 0.15) is 6.04 Å². The predicted octanol–water partition coefficient (Wildman–Crippen LogP) is 1.94. The Bertz CT molecular complexity index is 660. The van der Waals surface area contributed by atoms with E-state index in [0.29, 0.717) is 0 Å². The maximum Gasteiger partial charge on any atom is 0.347 e. The number of hydrogen-bond donors (Lipinski definition) is 3. The predicted molar refractivity (Wildman–Crippen MR) is 103 cm³/mol. The van der Waals surface area contributed by atoms with Gasteiger partial charge in [-0.25, -0.2) is 9.59 Å². The zero-order chi connectivity index (χ0) is 21.1. The van der Waals surface area contributed by atoms with Gasteiger partial charge in [0.15, 0.2) is 6.10 Å². The van der Waals surface area contributed by atoms with Crippen molar-refractivity contribution in [2.75, 3.05) is 18.5 Å². The number of hydrogen-bond acceptors (Lipinski definition) is 7. The van der Waals surface area contributed by atoms with Crippen molar-refractivity contribution in [1.29, 1.82) is 0 Å². The first kappa shape index (κ1) is 24.4. The summed E-state index contributed by atoms with van der Waals surface area (Å²) >= 11 is 0. The van der Waals surface area contributed by atoms with Crippen LogP contribution in [0.5, 0.6) is 0 Å². The molecule has 0 aliphatic rings. The monoisotopic (exact) mass is 382 g/mol. The second kappa shape index (κ2) is 11.9. The topological polar surface area (TPSA) is 128 Å². The number of carbonyl (C=O) groups excluding carboxylic acids is 2. The highest BCUT2D eigenvalue weighted by Gasteiger charge is 2.23. The number of benzene rings is 1. The second-order valence-corrected chi connectivity index (χ2v) is 6.05. The second-order valence-electron chi connectivity index (χ2n) is 6.05. The summed E-state index contributed by atoms with van der Waals surface area (Å²) < 4.78 is 9.94. The largest absolute Gasteiger partial charge is 0.480 e. The average Bonchev–Trinajstić information content (AvgIpc) is 2.59. The van der Waals surface area contributed by atoms with Gasteiger partial charge in [-0.1, -0.05) is 6.07 Å². The third-order valence-electron chi connectivity index (χ3n) is 3.62. The lowest BCUT2D eigenvalue weighted by Crippen LogP contribution is -2.34. The molecule has 0 saturated carbocycles. The van der Waals surface area contributed by atoms with E-state index in [1.165, 1.54) is 6.92 Å². The van der Waals surface area contributed by atoms with Crippen LogP contribution in [0.15, 0.2) is 12.1 Å². The summed E-state index contributed by atoms with van der Waals surface area (Å²) in [7, 11) is 0. The van der Waals surface area contributed by atoms with Crippen molar-refractivity contribution in [3.63, 3.8) is 0 Å². The van der Waals surface area contributed by atoms with Crippen LogP contribution in [0.1, 0.15) is 37.5 Å². The fourth-order valence-electron chi connectivity index (χ4n) is 2.07. The summed E-state index contributed by atoms with van der Waals surface area (Å²) in [5.41, 5.74) is 8.82. The van der Waals surface area contributed by atoms with E-state index in [-0.39, 0.29) is 13.2 Å². The smallest absolute Gasteiger partial charge is 0.347 e. The molecular weight excluding hydrogens is 352 g/mol. The van der Waals surface area contributed by atoms with Gasteiger partial charge in [0.2, 0.25) is 0 Å². The lowest BCUT2D eigenvalue weighted by molar-refractivity contribution is -0.166. The maximum absolute atomic E-state index is 12.1. The molecule has 0 heterocycles. The van der Waals surface area contributed by atoms with Gasteiger partial charge in [0, 0.05) is 5.69 Å². The molecule has 8 nitrogen and oxygen atoms in total. The first-order valence-electron chi connectivity index (χ1n) is 8.66. The fraction of sp³-hybridized carbons (Fsp3) is 0.526. The van der Waals surface area contributed by atoms with Crippen molar-refractivity contribution in [2.24, 2.45) is 5.73 Å². The molecule has 27 heavy (non-hydrogen) atoms. The molecule has 1 aromatic rings. The van der Waals surface area contributed by atoms with E-state index in [2.05, 4.69) is 17.1 Å². The normalized spacial score (nSPS) is 12.1. The lowest BCUT2D eigenvalue weighted by atomic mass is 10.0. The first-order chi connectivity index (χ1) is 12.5. The van der Waals surface area contributed by atoms with Gasteiger partial charge in [-0.05, 0) is 64.3 Å². The summed E-state index contributed by atoms with van der Waals surface area (Å²) in [6.07, 6.45) is -0.906. The number of carboxylic acids is 1. The van der Waals surface area contributed by atoms with E-state index in [1.807, 2.05) is 26.8 Å². The van der Waals surface area contributed by atoms with Crippen LogP contribution in [-0.4, -0.2) is 48.3 Å². The average molecular weight is 382 g/mol. The van der Waals surface area contributed by atoms with Crippen LogP contribution in [0, 0.1) is 20.8 Å². The molecule has 4 N–H and O–H groups in total. The summed E-state index contributed by atoms with van der Waals surface area (Å²) in [5.74, 6) is -1.99. The van der Waals surface area contributed by atoms with E-state index in [0.717, 1.165) is 22.4 Å². The van der Waals surface area contributed by atoms with Gasteiger partial charge < -0.3 is 25.6 Å². The van der Waals surface area contributed by atoms with Crippen molar-refractivity contribution < 1.29 is 29.0 Å². The molecule has 0 aliphatic carbocycles. The standard InChI is InChI=1S/C17H25NO4.C2H5NO2/c1-7-21-17(20)14(6)22-16(19)13(5)18-15-9-10(2)8-11(3)12(15)4;3-1-2(4)5/h8-9,13-14,18H,7H2,1-6H3;1,3H2,(H,4,5)/t13-,14?;/m0./s1. The van der Waals surface area contributed by atoms with E-state index in [1.54, 1.807) is 13.8 Å². The molecule has 1 unspecified atom stereocenters. The highest BCUT2D eigenvalue weighted by atomic mass is 16.6. The fourth-order valence-corrected chi connectivity index (χ4v) is 2.07. The molecule has 0 aromatic heterocycles. The van der Waals surface area contributed by atoms with Crippen molar-refractivity contribution in [3.8, 4) is 0 Å². The maximum atomic E-state index is 12.1. The molecule has 1 rings (SSSR count). The Morgan fingerprint density at radius 3 is 2.19 bits per heavy atom. The molecular formula is C19H30N2O6. The number of ether oxygens (including phenoxy) is 2. The number of rotatable bonds is 7. The van der Waals surface area contributed by atoms with E-state index in [4.69, 9.17) is 14.6 Å². The minimum Gasteiger partial charge on any atom is -0.480 e. The molecule has 8 heteroatoms. The molecule has 0 aliphatic heterocycles. The van der Waals surface area contributed by atoms with Gasteiger partial charge in [0.25, 0.3) is 0 Å². The van der Waals surface area contributed by atoms with Gasteiger partial charge in [0.05, 0.1) is 13.2 Å². The molecule has 1 aromatic carbocycles. The Kier molecular flexibility index (Phi) is 10.7. The van der Waals surface area contributed by atoms with Gasteiger partial charge >= 0.3 is 17.9 Å². The molecule has 0 spiro atoms. The zero-order valence-corrected chi connectivity index (χ0v) is 16.8. The minimum atomic E-state index is -0.968. The van der Waals surface area contributed by atoms with Crippen molar-refractivity contribution >= 4 is 23.6 Å². The molecule has 0 radical (unpaired) electrons. The molecule has 2 atom stereocenters. The molecule has 0 fully saturated rings. The molecule has 0 bridgehead atoms. The number of anilines is 1. The van der Waals surface area contributed by atoms with E-state index >= 15 is 0 Å². The number of nitrogens with two attached hydrogens (primary N) is 1. The quantitative estimate of drug-likeness (QED) is 0.610. The molecule has 0 amide bonds. The summed E-state index contributed by atoms with van der Waals surface area (Å²) in [6, 6.07) is 3.52. The van der Waals surface area contributed by atoms with Crippen molar-refractivity contribution in [2.45, 2.75) is 53.7 Å². The zero-order valence-electron chi connectivity index (χ0n) is 16.8. The summed E-state index contributed by atoms with van der Waals surface area (Å²) in [5, 5.41) is 10.7. The summed E-state index contributed by atoms with van der Waals surface area (Å²) in [4.78, 5) is 32.8. The third kappa shape index (κ3) is 9.05. The van der Waals surface area contributed by atoms with Crippen LogP contribution < -0.4 is 11.1 Å². The van der Waals surface area contributed by atoms with Crippen LogP contribution in [-0.2, 0) is 23.9 Å². The molecule has 0 saturated heterocycles. The SMILES string of the molecule is CCOC(=O)C(C)OC(=O)[C@H](C)Nc1cc(C)cc(C)c1C.NCC(=O)O. The van der Waals surface area contributed by atoms with Gasteiger partial charge in [-0.2, -0.15) is 0 Å². The number of carbonyl (C=O) groups is 3. The highest BCUT2D eigenvalue weighted by molar-refractivity contribution is 5.83. The summed E-state index contributed by atoms with van der Waals surface area (Å²) in [6.45, 7) is 10.9. The van der Waals surface area contributed by atoms with Gasteiger partial charge in [-0.3, -0.25) is 4.79 Å². The highest BCUT2D eigenvalue weighted by Crippen LogP contribution is 2.21. The van der Waals surface area contributed by atoms with Crippen LogP contribution >= 0.6 is 0 Å². The van der Waals surface area contributed by atoms with Crippen LogP contribution in [0.2, 0.25) is 0 Å². The number of aryl methyl sites for hydroxylation is 2. The third-order valence-corrected chi connectivity index (χ3v) is 3.62. The van der Waals surface area contributed by atoms with Crippen LogP contribution in [0.4, 0.5) is 5.69 Å². The number of aliphatic carboxylic acids is 1. The lowest BCUT2D eigenvalue weighted by Gasteiger charge is -2.19. The van der Waals surface area contributed by atoms with Crippen molar-refractivity contribution in [1.82, 2.24) is 0 Å². The Hall–Kier alpha value is -2.61. The number of nitrogens with one attached hydrogen (secondary N) is 1. The molecule has 152 valence electrons. The minimum absolute atomic E-state index is 0.260. The Morgan fingerprint density at radius 2 is 1.70 bits per heavy atom. The van der Waals surface area contributed by atoms with Crippen LogP contribution in [0.25, 0.3) is 0 Å². The first-order valence-corrected chi connectivity index (χ1v) is 8.66. The number of esters is 2. The Balaban J connectivity index is 0.00000119. The number of carboxylic acid groups (broad SMARTS) is 1. The van der Waals surface area contributed by atoms with Crippen LogP contribution in [0.3, 0.4) is 0 Å². The van der Waals surface area contributed by atoms with E-state index in [9.17, 15) is 14.4 Å². The van der Waals surface area contributed by atoms with Crippen molar-refractivity contribution in [3.05, 3.63) is 28.8 Å². The Morgan fingerprint density at radius 1 is 1.15 bits per heavy atom.